The molecule has 1 fully saturated rings. The molecule has 0 unspecified atom stereocenters. The maximum absolute atomic E-state index is 12.4. The van der Waals surface area contributed by atoms with E-state index in [2.05, 4.69) is 32.3 Å². The summed E-state index contributed by atoms with van der Waals surface area (Å²) >= 11 is 0. The fourth-order valence-corrected chi connectivity index (χ4v) is 3.02. The van der Waals surface area contributed by atoms with Gasteiger partial charge in [0.25, 0.3) is 0 Å². The molecule has 1 aliphatic rings. The van der Waals surface area contributed by atoms with Crippen molar-refractivity contribution in [3.05, 3.63) is 54.4 Å². The molecule has 0 radical (unpaired) electrons. The van der Waals surface area contributed by atoms with Crippen LogP contribution in [-0.2, 0) is 6.42 Å². The SMILES string of the molecule is O=C(NCCCc1ccccc1)N1CCCN(c2ncccn2)CC1. The molecule has 1 saturated heterocycles. The van der Waals surface area contributed by atoms with Crippen LogP contribution in [0.3, 0.4) is 0 Å². The molecule has 3 rings (SSSR count). The second-order valence-corrected chi connectivity index (χ2v) is 6.20. The van der Waals surface area contributed by atoms with Gasteiger partial charge in [-0.25, -0.2) is 14.8 Å². The number of amides is 2. The van der Waals surface area contributed by atoms with Gasteiger partial charge in [-0.3, -0.25) is 0 Å². The topological polar surface area (TPSA) is 61.4 Å². The van der Waals surface area contributed by atoms with Crippen molar-refractivity contribution >= 4 is 12.0 Å². The van der Waals surface area contributed by atoms with Gasteiger partial charge in [-0.1, -0.05) is 30.3 Å². The van der Waals surface area contributed by atoms with E-state index in [4.69, 9.17) is 0 Å². The molecule has 0 bridgehead atoms. The fourth-order valence-electron chi connectivity index (χ4n) is 3.02. The summed E-state index contributed by atoms with van der Waals surface area (Å²) in [6.45, 7) is 3.82. The fraction of sp³-hybridized carbons (Fsp3) is 0.421. The molecule has 2 aromatic rings. The number of urea groups is 1. The van der Waals surface area contributed by atoms with Crippen LogP contribution in [0.4, 0.5) is 10.7 Å². The van der Waals surface area contributed by atoms with Gasteiger partial charge in [-0.15, -0.1) is 0 Å². The Bertz CT molecular complexity index is 649. The average molecular weight is 339 g/mol. The summed E-state index contributed by atoms with van der Waals surface area (Å²) in [5, 5.41) is 3.04. The van der Waals surface area contributed by atoms with Crippen molar-refractivity contribution in [1.29, 1.82) is 0 Å². The summed E-state index contributed by atoms with van der Waals surface area (Å²) in [4.78, 5) is 25.0. The smallest absolute Gasteiger partial charge is 0.317 e. The van der Waals surface area contributed by atoms with E-state index >= 15 is 0 Å². The lowest BCUT2D eigenvalue weighted by Gasteiger charge is -2.22. The number of hydrogen-bond acceptors (Lipinski definition) is 4. The van der Waals surface area contributed by atoms with Crippen LogP contribution in [0, 0.1) is 0 Å². The molecular weight excluding hydrogens is 314 g/mol. The quantitative estimate of drug-likeness (QED) is 0.850. The van der Waals surface area contributed by atoms with Crippen LogP contribution in [0.25, 0.3) is 0 Å². The maximum atomic E-state index is 12.4. The third-order valence-electron chi connectivity index (χ3n) is 4.38. The lowest BCUT2D eigenvalue weighted by molar-refractivity contribution is 0.201. The largest absolute Gasteiger partial charge is 0.339 e. The van der Waals surface area contributed by atoms with Crippen LogP contribution in [0.2, 0.25) is 0 Å². The highest BCUT2D eigenvalue weighted by Crippen LogP contribution is 2.10. The first-order valence-electron chi connectivity index (χ1n) is 8.91. The number of aromatic nitrogens is 2. The third kappa shape index (κ3) is 5.17. The van der Waals surface area contributed by atoms with Crippen LogP contribution >= 0.6 is 0 Å². The predicted molar refractivity (Wildman–Crippen MR) is 98.6 cm³/mol. The second kappa shape index (κ2) is 9.01. The van der Waals surface area contributed by atoms with Crippen LogP contribution in [0.5, 0.6) is 0 Å². The van der Waals surface area contributed by atoms with Crippen molar-refractivity contribution in [3.63, 3.8) is 0 Å². The molecule has 0 saturated carbocycles. The first kappa shape index (κ1) is 17.2. The number of nitrogens with zero attached hydrogens (tertiary/aromatic N) is 4. The van der Waals surface area contributed by atoms with E-state index in [-0.39, 0.29) is 6.03 Å². The minimum atomic E-state index is 0.0314. The number of carbonyl (C=O) groups excluding carboxylic acids is 1. The van der Waals surface area contributed by atoms with Gasteiger partial charge in [0.05, 0.1) is 0 Å². The van der Waals surface area contributed by atoms with Crippen LogP contribution in [-0.4, -0.2) is 53.6 Å². The maximum Gasteiger partial charge on any atom is 0.317 e. The lowest BCUT2D eigenvalue weighted by atomic mass is 10.1. The molecule has 1 aromatic heterocycles. The van der Waals surface area contributed by atoms with E-state index in [1.807, 2.05) is 29.2 Å². The Morgan fingerprint density at radius 1 is 1.00 bits per heavy atom. The summed E-state index contributed by atoms with van der Waals surface area (Å²) in [5.74, 6) is 0.743. The average Bonchev–Trinajstić information content (AvgIpc) is 2.93. The van der Waals surface area contributed by atoms with E-state index in [0.717, 1.165) is 44.8 Å². The standard InChI is InChI=1S/C19H25N5O/c25-19(22-10-4-9-17-7-2-1-3-8-17)24-14-6-13-23(15-16-24)18-20-11-5-12-21-18/h1-3,5,7-8,11-12H,4,6,9-10,13-16H2,(H,22,25). The number of anilines is 1. The molecule has 2 amide bonds. The van der Waals surface area contributed by atoms with E-state index in [1.165, 1.54) is 5.56 Å². The Kier molecular flexibility index (Phi) is 6.20. The van der Waals surface area contributed by atoms with Crippen molar-refractivity contribution in [3.8, 4) is 0 Å². The monoisotopic (exact) mass is 339 g/mol. The summed E-state index contributed by atoms with van der Waals surface area (Å²) in [7, 11) is 0. The highest BCUT2D eigenvalue weighted by Gasteiger charge is 2.19. The predicted octanol–water partition coefficient (Wildman–Crippen LogP) is 2.33. The Labute approximate surface area is 148 Å². The second-order valence-electron chi connectivity index (χ2n) is 6.20. The van der Waals surface area contributed by atoms with Crippen molar-refractivity contribution < 1.29 is 4.79 Å². The molecule has 6 heteroatoms. The number of carbonyl (C=O) groups is 1. The molecule has 132 valence electrons. The number of rotatable bonds is 5. The number of nitrogens with one attached hydrogen (secondary N) is 1. The van der Waals surface area contributed by atoms with Crippen LogP contribution < -0.4 is 10.2 Å². The van der Waals surface area contributed by atoms with Crippen molar-refractivity contribution in [1.82, 2.24) is 20.2 Å². The highest BCUT2D eigenvalue weighted by atomic mass is 16.2. The summed E-state index contributed by atoms with van der Waals surface area (Å²) in [5.41, 5.74) is 1.31. The third-order valence-corrected chi connectivity index (χ3v) is 4.38. The van der Waals surface area contributed by atoms with Gasteiger partial charge in [-0.2, -0.15) is 0 Å². The Balaban J connectivity index is 1.40. The number of aryl methyl sites for hydroxylation is 1. The van der Waals surface area contributed by atoms with Gasteiger partial charge >= 0.3 is 6.03 Å². The zero-order valence-corrected chi connectivity index (χ0v) is 14.5. The molecule has 0 atom stereocenters. The van der Waals surface area contributed by atoms with E-state index in [9.17, 15) is 4.79 Å². The minimum Gasteiger partial charge on any atom is -0.339 e. The van der Waals surface area contributed by atoms with Gasteiger partial charge < -0.3 is 15.1 Å². The Morgan fingerprint density at radius 2 is 1.80 bits per heavy atom. The molecule has 25 heavy (non-hydrogen) atoms. The molecule has 1 aromatic carbocycles. The zero-order chi connectivity index (χ0) is 17.3. The lowest BCUT2D eigenvalue weighted by Crippen LogP contribution is -2.42. The first-order valence-corrected chi connectivity index (χ1v) is 8.91. The molecular formula is C19H25N5O. The molecule has 1 aliphatic heterocycles. The molecule has 0 spiro atoms. The highest BCUT2D eigenvalue weighted by molar-refractivity contribution is 5.74. The summed E-state index contributed by atoms with van der Waals surface area (Å²) in [6.07, 6.45) is 6.37. The molecule has 2 heterocycles. The van der Waals surface area contributed by atoms with Crippen molar-refractivity contribution in [2.75, 3.05) is 37.6 Å². The normalized spacial score (nSPS) is 14.9. The van der Waals surface area contributed by atoms with E-state index in [0.29, 0.717) is 13.1 Å². The number of hydrogen-bond donors (Lipinski definition) is 1. The van der Waals surface area contributed by atoms with Gasteiger partial charge in [0.1, 0.15) is 0 Å². The van der Waals surface area contributed by atoms with Gasteiger partial charge in [0.2, 0.25) is 5.95 Å². The Hall–Kier alpha value is -2.63. The molecule has 6 nitrogen and oxygen atoms in total. The molecule has 0 aliphatic carbocycles. The van der Waals surface area contributed by atoms with Crippen molar-refractivity contribution in [2.45, 2.75) is 19.3 Å². The first-order chi connectivity index (χ1) is 12.3. The molecule has 1 N–H and O–H groups in total. The Morgan fingerprint density at radius 3 is 2.60 bits per heavy atom. The van der Waals surface area contributed by atoms with E-state index in [1.54, 1.807) is 12.4 Å². The minimum absolute atomic E-state index is 0.0314. The van der Waals surface area contributed by atoms with E-state index < -0.39 is 0 Å². The zero-order valence-electron chi connectivity index (χ0n) is 14.5. The van der Waals surface area contributed by atoms with Gasteiger partial charge in [0, 0.05) is 45.1 Å². The number of benzene rings is 1. The van der Waals surface area contributed by atoms with Gasteiger partial charge in [0.15, 0.2) is 0 Å². The van der Waals surface area contributed by atoms with Gasteiger partial charge in [-0.05, 0) is 30.9 Å². The van der Waals surface area contributed by atoms with Crippen molar-refractivity contribution in [2.24, 2.45) is 0 Å². The summed E-state index contributed by atoms with van der Waals surface area (Å²) < 4.78 is 0. The summed E-state index contributed by atoms with van der Waals surface area (Å²) in [6, 6.07) is 12.2. The van der Waals surface area contributed by atoms with Crippen LogP contribution in [0.15, 0.2) is 48.8 Å². The van der Waals surface area contributed by atoms with Crippen LogP contribution in [0.1, 0.15) is 18.4 Å².